The number of hydrogen-bond acceptors (Lipinski definition) is 2. The Morgan fingerprint density at radius 3 is 2.56 bits per heavy atom. The predicted octanol–water partition coefficient (Wildman–Crippen LogP) is 2.09. The Kier molecular flexibility index (Phi) is 7.00. The molecule has 0 saturated heterocycles. The molecule has 1 aliphatic carbocycles. The van der Waals surface area contributed by atoms with Crippen molar-refractivity contribution in [2.24, 2.45) is 17.6 Å². The van der Waals surface area contributed by atoms with Crippen LogP contribution in [0.4, 0.5) is 0 Å². The largest absolute Gasteiger partial charge is 0.353 e. The zero-order chi connectivity index (χ0) is 11.4. The lowest BCUT2D eigenvalue weighted by Gasteiger charge is -2.23. The van der Waals surface area contributed by atoms with E-state index in [0.29, 0.717) is 12.0 Å². The summed E-state index contributed by atoms with van der Waals surface area (Å²) >= 11 is 0. The minimum atomic E-state index is -0.0805. The Hall–Kier alpha value is -0.280. The molecule has 16 heavy (non-hydrogen) atoms. The predicted molar refractivity (Wildman–Crippen MR) is 69.6 cm³/mol. The van der Waals surface area contributed by atoms with Gasteiger partial charge in [-0.1, -0.05) is 26.7 Å². The minimum Gasteiger partial charge on any atom is -0.353 e. The van der Waals surface area contributed by atoms with E-state index in [9.17, 15) is 4.79 Å². The molecule has 0 bridgehead atoms. The van der Waals surface area contributed by atoms with Gasteiger partial charge in [0.1, 0.15) is 0 Å². The SMILES string of the molecule is CCC1CCCC1NC(=O)C(C)C(C)N.Cl. The van der Waals surface area contributed by atoms with Crippen LogP contribution in [0.1, 0.15) is 46.5 Å². The Balaban J connectivity index is 0.00000225. The zero-order valence-corrected chi connectivity index (χ0v) is 11.3. The van der Waals surface area contributed by atoms with E-state index >= 15 is 0 Å². The van der Waals surface area contributed by atoms with Gasteiger partial charge in [0.2, 0.25) is 5.91 Å². The Labute approximate surface area is 105 Å². The van der Waals surface area contributed by atoms with Gasteiger partial charge in [-0.3, -0.25) is 4.79 Å². The lowest BCUT2D eigenvalue weighted by atomic mass is 9.98. The number of nitrogens with one attached hydrogen (secondary N) is 1. The van der Waals surface area contributed by atoms with Gasteiger partial charge in [0.25, 0.3) is 0 Å². The highest BCUT2D eigenvalue weighted by atomic mass is 35.5. The molecule has 1 aliphatic rings. The number of carbonyl (C=O) groups excluding carboxylic acids is 1. The van der Waals surface area contributed by atoms with Gasteiger partial charge in [0.15, 0.2) is 0 Å². The summed E-state index contributed by atoms with van der Waals surface area (Å²) in [5, 5.41) is 3.14. The number of rotatable bonds is 4. The van der Waals surface area contributed by atoms with Gasteiger partial charge in [-0.05, 0) is 25.7 Å². The highest BCUT2D eigenvalue weighted by Crippen LogP contribution is 2.28. The molecule has 4 heteroatoms. The molecule has 0 aliphatic heterocycles. The van der Waals surface area contributed by atoms with Crippen LogP contribution in [0.15, 0.2) is 0 Å². The van der Waals surface area contributed by atoms with Crippen LogP contribution in [0.2, 0.25) is 0 Å². The fourth-order valence-corrected chi connectivity index (χ4v) is 2.27. The van der Waals surface area contributed by atoms with Crippen molar-refractivity contribution >= 4 is 18.3 Å². The lowest BCUT2D eigenvalue weighted by Crippen LogP contribution is -2.44. The highest BCUT2D eigenvalue weighted by Gasteiger charge is 2.28. The number of amides is 1. The topological polar surface area (TPSA) is 55.1 Å². The van der Waals surface area contributed by atoms with Crippen molar-refractivity contribution in [3.05, 3.63) is 0 Å². The van der Waals surface area contributed by atoms with Crippen molar-refractivity contribution in [1.29, 1.82) is 0 Å². The van der Waals surface area contributed by atoms with E-state index in [1.54, 1.807) is 0 Å². The first-order chi connectivity index (χ1) is 7.06. The molecule has 0 heterocycles. The van der Waals surface area contributed by atoms with E-state index < -0.39 is 0 Å². The lowest BCUT2D eigenvalue weighted by molar-refractivity contribution is -0.125. The van der Waals surface area contributed by atoms with Gasteiger partial charge < -0.3 is 11.1 Å². The molecular formula is C12H25ClN2O. The molecule has 0 aromatic carbocycles. The minimum absolute atomic E-state index is 0. The van der Waals surface area contributed by atoms with Gasteiger partial charge >= 0.3 is 0 Å². The summed E-state index contributed by atoms with van der Waals surface area (Å²) in [6.45, 7) is 5.98. The summed E-state index contributed by atoms with van der Waals surface area (Å²) in [4.78, 5) is 11.8. The van der Waals surface area contributed by atoms with Crippen LogP contribution in [0.3, 0.4) is 0 Å². The number of nitrogens with two attached hydrogens (primary N) is 1. The molecule has 3 N–H and O–H groups in total. The van der Waals surface area contributed by atoms with Gasteiger partial charge in [0, 0.05) is 18.0 Å². The average molecular weight is 249 g/mol. The van der Waals surface area contributed by atoms with Gasteiger partial charge in [-0.15, -0.1) is 12.4 Å². The van der Waals surface area contributed by atoms with Crippen LogP contribution in [-0.2, 0) is 4.79 Å². The molecular weight excluding hydrogens is 224 g/mol. The molecule has 1 amide bonds. The molecule has 0 aromatic heterocycles. The third kappa shape index (κ3) is 3.95. The zero-order valence-electron chi connectivity index (χ0n) is 10.5. The summed E-state index contributed by atoms with van der Waals surface area (Å²) in [5.41, 5.74) is 5.72. The number of halogens is 1. The summed E-state index contributed by atoms with van der Waals surface area (Å²) in [6.07, 6.45) is 4.80. The van der Waals surface area contributed by atoms with Crippen molar-refractivity contribution in [1.82, 2.24) is 5.32 Å². The van der Waals surface area contributed by atoms with E-state index in [4.69, 9.17) is 5.73 Å². The molecule has 1 rings (SSSR count). The fraction of sp³-hybridized carbons (Fsp3) is 0.917. The normalized spacial score (nSPS) is 28.0. The molecule has 3 nitrogen and oxygen atoms in total. The summed E-state index contributed by atoms with van der Waals surface area (Å²) in [6, 6.07) is 0.329. The average Bonchev–Trinajstić information content (AvgIpc) is 2.63. The monoisotopic (exact) mass is 248 g/mol. The van der Waals surface area contributed by atoms with Crippen molar-refractivity contribution in [2.45, 2.75) is 58.5 Å². The Morgan fingerprint density at radius 1 is 1.44 bits per heavy atom. The van der Waals surface area contributed by atoms with E-state index in [1.165, 1.54) is 12.8 Å². The van der Waals surface area contributed by atoms with Crippen LogP contribution >= 0.6 is 12.4 Å². The number of hydrogen-bond donors (Lipinski definition) is 2. The highest BCUT2D eigenvalue weighted by molar-refractivity contribution is 5.85. The van der Waals surface area contributed by atoms with Crippen LogP contribution in [-0.4, -0.2) is 18.0 Å². The second-order valence-corrected chi connectivity index (χ2v) is 4.86. The number of carbonyl (C=O) groups is 1. The third-order valence-electron chi connectivity index (χ3n) is 3.71. The van der Waals surface area contributed by atoms with Gasteiger partial charge in [0.05, 0.1) is 0 Å². The molecule has 96 valence electrons. The van der Waals surface area contributed by atoms with Crippen LogP contribution in [0, 0.1) is 11.8 Å². The van der Waals surface area contributed by atoms with Crippen LogP contribution in [0.5, 0.6) is 0 Å². The van der Waals surface area contributed by atoms with Gasteiger partial charge in [-0.25, -0.2) is 0 Å². The maximum Gasteiger partial charge on any atom is 0.224 e. The summed E-state index contributed by atoms with van der Waals surface area (Å²) in [5.74, 6) is 0.715. The molecule has 0 aromatic rings. The first-order valence-electron chi connectivity index (χ1n) is 6.12. The molecule has 4 unspecified atom stereocenters. The molecule has 0 spiro atoms. The Morgan fingerprint density at radius 2 is 2.06 bits per heavy atom. The van der Waals surface area contributed by atoms with E-state index in [1.807, 2.05) is 13.8 Å². The van der Waals surface area contributed by atoms with Crippen molar-refractivity contribution in [2.75, 3.05) is 0 Å². The first kappa shape index (κ1) is 15.7. The van der Waals surface area contributed by atoms with Gasteiger partial charge in [-0.2, -0.15) is 0 Å². The molecule has 4 atom stereocenters. The second kappa shape index (κ2) is 7.13. The second-order valence-electron chi connectivity index (χ2n) is 4.86. The maximum absolute atomic E-state index is 11.8. The molecule has 1 saturated carbocycles. The van der Waals surface area contributed by atoms with Crippen LogP contribution in [0.25, 0.3) is 0 Å². The molecule has 0 radical (unpaired) electrons. The molecule has 1 fully saturated rings. The fourth-order valence-electron chi connectivity index (χ4n) is 2.27. The quantitative estimate of drug-likeness (QED) is 0.801. The Bertz CT molecular complexity index is 221. The smallest absolute Gasteiger partial charge is 0.224 e. The van der Waals surface area contributed by atoms with E-state index in [2.05, 4.69) is 12.2 Å². The maximum atomic E-state index is 11.8. The first-order valence-corrected chi connectivity index (χ1v) is 6.12. The van der Waals surface area contributed by atoms with Crippen LogP contribution < -0.4 is 11.1 Å². The van der Waals surface area contributed by atoms with E-state index in [-0.39, 0.29) is 30.3 Å². The third-order valence-corrected chi connectivity index (χ3v) is 3.71. The van der Waals surface area contributed by atoms with Crippen molar-refractivity contribution in [3.8, 4) is 0 Å². The van der Waals surface area contributed by atoms with Crippen molar-refractivity contribution < 1.29 is 4.79 Å². The summed E-state index contributed by atoms with van der Waals surface area (Å²) in [7, 11) is 0. The van der Waals surface area contributed by atoms with Crippen molar-refractivity contribution in [3.63, 3.8) is 0 Å². The summed E-state index contributed by atoms with van der Waals surface area (Å²) < 4.78 is 0. The van der Waals surface area contributed by atoms with E-state index in [0.717, 1.165) is 12.8 Å². The standard InChI is InChI=1S/C12H24N2O.ClH/c1-4-10-6-5-7-11(10)14-12(15)8(2)9(3)13;/h8-11H,4-7,13H2,1-3H3,(H,14,15);1H.